The molecule has 2 fully saturated rings. The third-order valence-corrected chi connectivity index (χ3v) is 5.70. The molecule has 0 aromatic rings. The fourth-order valence-corrected chi connectivity index (χ4v) is 3.91. The summed E-state index contributed by atoms with van der Waals surface area (Å²) in [5.74, 6) is -0.881. The van der Waals surface area contributed by atoms with Gasteiger partial charge in [0.25, 0.3) is 0 Å². The van der Waals surface area contributed by atoms with E-state index < -0.39 is 11.5 Å². The highest BCUT2D eigenvalue weighted by Gasteiger charge is 2.48. The van der Waals surface area contributed by atoms with Crippen molar-refractivity contribution in [2.45, 2.75) is 62.3 Å². The minimum atomic E-state index is -1.13. The molecule has 114 valence electrons. The monoisotopic (exact) mass is 300 g/mol. The lowest BCUT2D eigenvalue weighted by molar-refractivity contribution is -0.144. The average molecular weight is 300 g/mol. The van der Waals surface area contributed by atoms with E-state index in [2.05, 4.69) is 16.9 Å². The molecule has 20 heavy (non-hydrogen) atoms. The molecule has 0 radical (unpaired) electrons. The number of carboxylic acids is 1. The van der Waals surface area contributed by atoms with Gasteiger partial charge in [-0.25, -0.2) is 9.59 Å². The van der Waals surface area contributed by atoms with E-state index in [9.17, 15) is 14.7 Å². The highest BCUT2D eigenvalue weighted by molar-refractivity contribution is 7.99. The zero-order valence-electron chi connectivity index (χ0n) is 12.1. The molecule has 0 aromatic heterocycles. The molecule has 5 nitrogen and oxygen atoms in total. The lowest BCUT2D eigenvalue weighted by Gasteiger charge is -2.33. The van der Waals surface area contributed by atoms with Crippen LogP contribution in [-0.4, -0.2) is 40.2 Å². The van der Waals surface area contributed by atoms with Crippen molar-refractivity contribution in [1.82, 2.24) is 10.6 Å². The molecular formula is C14H24N2O3S. The van der Waals surface area contributed by atoms with E-state index in [0.717, 1.165) is 32.1 Å². The second-order valence-electron chi connectivity index (χ2n) is 6.05. The van der Waals surface area contributed by atoms with Crippen molar-refractivity contribution in [3.05, 3.63) is 0 Å². The number of urea groups is 1. The molecule has 2 saturated carbocycles. The standard InChI is InChI=1S/C14H24N2O3S/c1-14(12(17)18,9-7-8-9)16-13(19)15-10-5-3-4-6-11(10)20-2/h9-11H,3-8H2,1-2H3,(H,17,18)(H2,15,16,19). The molecule has 0 saturated heterocycles. The van der Waals surface area contributed by atoms with Crippen LogP contribution in [0, 0.1) is 5.92 Å². The first-order chi connectivity index (χ1) is 9.47. The topological polar surface area (TPSA) is 78.4 Å². The maximum Gasteiger partial charge on any atom is 0.329 e. The summed E-state index contributed by atoms with van der Waals surface area (Å²) in [5, 5.41) is 15.5. The second-order valence-corrected chi connectivity index (χ2v) is 7.12. The molecule has 2 aliphatic carbocycles. The van der Waals surface area contributed by atoms with E-state index in [0.29, 0.717) is 5.25 Å². The fourth-order valence-electron chi connectivity index (χ4n) is 2.98. The zero-order chi connectivity index (χ0) is 14.8. The Hall–Kier alpha value is -0.910. The summed E-state index contributed by atoms with van der Waals surface area (Å²) in [6.07, 6.45) is 8.24. The van der Waals surface area contributed by atoms with Crippen LogP contribution in [0.5, 0.6) is 0 Å². The summed E-state index contributed by atoms with van der Waals surface area (Å²) < 4.78 is 0. The van der Waals surface area contributed by atoms with Crippen molar-refractivity contribution in [3.63, 3.8) is 0 Å². The highest BCUT2D eigenvalue weighted by atomic mass is 32.2. The predicted molar refractivity (Wildman–Crippen MR) is 80.0 cm³/mol. The second kappa shape index (κ2) is 6.24. The van der Waals surface area contributed by atoms with Gasteiger partial charge in [0.1, 0.15) is 5.54 Å². The lowest BCUT2D eigenvalue weighted by atomic mass is 9.94. The molecule has 0 bridgehead atoms. The molecule has 0 heterocycles. The van der Waals surface area contributed by atoms with Crippen LogP contribution in [0.4, 0.5) is 4.79 Å². The molecule has 0 aromatic carbocycles. The van der Waals surface area contributed by atoms with Crippen molar-refractivity contribution in [1.29, 1.82) is 0 Å². The average Bonchev–Trinajstić information content (AvgIpc) is 3.23. The number of carbonyl (C=O) groups is 2. The molecule has 3 unspecified atom stereocenters. The normalized spacial score (nSPS) is 29.3. The molecule has 3 N–H and O–H groups in total. The first-order valence-electron chi connectivity index (χ1n) is 7.32. The number of carbonyl (C=O) groups excluding carboxylic acids is 1. The Kier molecular flexibility index (Phi) is 4.83. The third-order valence-electron chi connectivity index (χ3n) is 4.53. The maximum atomic E-state index is 12.1. The summed E-state index contributed by atoms with van der Waals surface area (Å²) in [5.41, 5.74) is -1.13. The number of hydrogen-bond acceptors (Lipinski definition) is 3. The summed E-state index contributed by atoms with van der Waals surface area (Å²) in [6, 6.07) is -0.191. The molecule has 2 aliphatic rings. The van der Waals surface area contributed by atoms with Crippen LogP contribution in [0.1, 0.15) is 45.4 Å². The minimum absolute atomic E-state index is 0.0634. The van der Waals surface area contributed by atoms with Crippen LogP contribution < -0.4 is 10.6 Å². The largest absolute Gasteiger partial charge is 0.480 e. The van der Waals surface area contributed by atoms with Crippen LogP contribution in [0.2, 0.25) is 0 Å². The van der Waals surface area contributed by atoms with Gasteiger partial charge >= 0.3 is 12.0 Å². The van der Waals surface area contributed by atoms with Gasteiger partial charge in [-0.2, -0.15) is 11.8 Å². The molecule has 0 spiro atoms. The number of hydrogen-bond donors (Lipinski definition) is 3. The zero-order valence-corrected chi connectivity index (χ0v) is 13.0. The van der Waals surface area contributed by atoms with Crippen molar-refractivity contribution >= 4 is 23.8 Å². The van der Waals surface area contributed by atoms with Gasteiger partial charge in [-0.3, -0.25) is 0 Å². The molecule has 2 amide bonds. The quantitative estimate of drug-likeness (QED) is 0.727. The fraction of sp³-hybridized carbons (Fsp3) is 0.857. The smallest absolute Gasteiger partial charge is 0.329 e. The van der Waals surface area contributed by atoms with Gasteiger partial charge in [0.15, 0.2) is 0 Å². The Morgan fingerprint density at radius 2 is 1.85 bits per heavy atom. The SMILES string of the molecule is CSC1CCCCC1NC(=O)NC(C)(C(=O)O)C1CC1. The van der Waals surface area contributed by atoms with E-state index in [1.54, 1.807) is 18.7 Å². The van der Waals surface area contributed by atoms with Crippen molar-refractivity contribution in [3.8, 4) is 0 Å². The predicted octanol–water partition coefficient (Wildman–Crippen LogP) is 2.21. The van der Waals surface area contributed by atoms with Gasteiger partial charge in [0.2, 0.25) is 0 Å². The molecule has 3 atom stereocenters. The number of aliphatic carboxylic acids is 1. The maximum absolute atomic E-state index is 12.1. The molecule has 6 heteroatoms. The van der Waals surface area contributed by atoms with E-state index in [1.807, 2.05) is 0 Å². The Morgan fingerprint density at radius 3 is 2.40 bits per heavy atom. The van der Waals surface area contributed by atoms with Gasteiger partial charge in [0, 0.05) is 11.3 Å². The van der Waals surface area contributed by atoms with E-state index in [1.165, 1.54) is 6.42 Å². The van der Waals surface area contributed by atoms with Crippen LogP contribution in [0.15, 0.2) is 0 Å². The Labute approximate surface area is 124 Å². The first-order valence-corrected chi connectivity index (χ1v) is 8.61. The third kappa shape index (κ3) is 3.40. The molecule has 2 rings (SSSR count). The highest BCUT2D eigenvalue weighted by Crippen LogP contribution is 2.39. The van der Waals surface area contributed by atoms with Gasteiger partial charge in [0.05, 0.1) is 0 Å². The summed E-state index contributed by atoms with van der Waals surface area (Å²) in [6.45, 7) is 1.61. The number of thioether (sulfide) groups is 1. The van der Waals surface area contributed by atoms with Gasteiger partial charge in [-0.1, -0.05) is 12.8 Å². The Morgan fingerprint density at radius 1 is 1.20 bits per heavy atom. The Bertz CT molecular complexity index is 387. The van der Waals surface area contributed by atoms with Crippen LogP contribution >= 0.6 is 11.8 Å². The van der Waals surface area contributed by atoms with E-state index in [4.69, 9.17) is 0 Å². The van der Waals surface area contributed by atoms with E-state index >= 15 is 0 Å². The summed E-state index contributed by atoms with van der Waals surface area (Å²) >= 11 is 1.78. The van der Waals surface area contributed by atoms with Crippen molar-refractivity contribution in [2.75, 3.05) is 6.26 Å². The van der Waals surface area contributed by atoms with Crippen LogP contribution in [-0.2, 0) is 4.79 Å². The first kappa shape index (κ1) is 15.5. The number of amides is 2. The van der Waals surface area contributed by atoms with Crippen molar-refractivity contribution in [2.24, 2.45) is 5.92 Å². The Balaban J connectivity index is 1.92. The number of carboxylic acid groups (broad SMARTS) is 1. The van der Waals surface area contributed by atoms with E-state index in [-0.39, 0.29) is 18.0 Å². The van der Waals surface area contributed by atoms with Crippen LogP contribution in [0.3, 0.4) is 0 Å². The van der Waals surface area contributed by atoms with Crippen molar-refractivity contribution < 1.29 is 14.7 Å². The molecule has 0 aliphatic heterocycles. The van der Waals surface area contributed by atoms with Gasteiger partial charge < -0.3 is 15.7 Å². The van der Waals surface area contributed by atoms with Gasteiger partial charge in [-0.15, -0.1) is 0 Å². The summed E-state index contributed by atoms with van der Waals surface area (Å²) in [4.78, 5) is 23.5. The number of rotatable bonds is 5. The van der Waals surface area contributed by atoms with Gasteiger partial charge in [-0.05, 0) is 44.8 Å². The minimum Gasteiger partial charge on any atom is -0.480 e. The lowest BCUT2D eigenvalue weighted by Crippen LogP contribution is -2.59. The van der Waals surface area contributed by atoms with Crippen LogP contribution in [0.25, 0.3) is 0 Å². The number of nitrogens with one attached hydrogen (secondary N) is 2. The summed E-state index contributed by atoms with van der Waals surface area (Å²) in [7, 11) is 0. The molecular weight excluding hydrogens is 276 g/mol.